The van der Waals surface area contributed by atoms with Gasteiger partial charge in [0.2, 0.25) is 5.88 Å². The van der Waals surface area contributed by atoms with Crippen molar-refractivity contribution in [2.45, 2.75) is 27.7 Å². The fraction of sp³-hybridized carbons (Fsp3) is 0.200. The molecule has 174 valence electrons. The average molecular weight is 461 g/mol. The normalized spacial score (nSPS) is 10.8. The molecule has 2 aromatic heterocycles. The van der Waals surface area contributed by atoms with Crippen LogP contribution in [0.5, 0.6) is 17.4 Å². The summed E-state index contributed by atoms with van der Waals surface area (Å²) in [6.45, 7) is 7.75. The van der Waals surface area contributed by atoms with Gasteiger partial charge in [-0.3, -0.25) is 4.79 Å². The number of methoxy groups -OCH3 is 1. The number of amides is 1. The summed E-state index contributed by atoms with van der Waals surface area (Å²) in [4.78, 5) is 21.3. The summed E-state index contributed by atoms with van der Waals surface area (Å²) in [6, 6.07) is 12.5. The molecule has 8 nitrogen and oxygen atoms in total. The van der Waals surface area contributed by atoms with E-state index in [-0.39, 0.29) is 11.3 Å². The number of anilines is 1. The number of nitrogens with zero attached hydrogens (tertiary/aromatic N) is 4. The van der Waals surface area contributed by atoms with Gasteiger partial charge in [-0.25, -0.2) is 14.1 Å². The van der Waals surface area contributed by atoms with Gasteiger partial charge in [-0.05, 0) is 75.7 Å². The van der Waals surface area contributed by atoms with E-state index < -0.39 is 11.7 Å². The SMILES string of the molecule is COc1ccc(C(=O)Nc2ccc(Oc3cc(-n4nc(C)c(C)c4C)nc(C)n3)cc2)cc1F. The molecule has 0 atom stereocenters. The number of ether oxygens (including phenoxy) is 2. The van der Waals surface area contributed by atoms with Crippen molar-refractivity contribution in [1.29, 1.82) is 0 Å². The zero-order valence-electron chi connectivity index (χ0n) is 19.5. The summed E-state index contributed by atoms with van der Waals surface area (Å²) >= 11 is 0. The molecule has 0 aliphatic rings. The number of halogens is 1. The fourth-order valence-electron chi connectivity index (χ4n) is 3.37. The first-order chi connectivity index (χ1) is 16.2. The number of benzene rings is 2. The molecule has 2 heterocycles. The number of rotatable bonds is 6. The van der Waals surface area contributed by atoms with Crippen molar-refractivity contribution in [3.05, 3.63) is 82.7 Å². The van der Waals surface area contributed by atoms with E-state index in [4.69, 9.17) is 9.47 Å². The van der Waals surface area contributed by atoms with Crippen molar-refractivity contribution < 1.29 is 18.7 Å². The van der Waals surface area contributed by atoms with Crippen molar-refractivity contribution in [3.63, 3.8) is 0 Å². The first-order valence-corrected chi connectivity index (χ1v) is 10.6. The van der Waals surface area contributed by atoms with Crippen molar-refractivity contribution >= 4 is 11.6 Å². The average Bonchev–Trinajstić information content (AvgIpc) is 3.07. The first kappa shape index (κ1) is 22.9. The highest BCUT2D eigenvalue weighted by molar-refractivity contribution is 6.04. The quantitative estimate of drug-likeness (QED) is 0.430. The van der Waals surface area contributed by atoms with Crippen molar-refractivity contribution in [3.8, 4) is 23.2 Å². The van der Waals surface area contributed by atoms with Gasteiger partial charge in [-0.2, -0.15) is 10.1 Å². The third kappa shape index (κ3) is 4.73. The Bertz CT molecular complexity index is 1370. The van der Waals surface area contributed by atoms with Crippen molar-refractivity contribution in [2.24, 2.45) is 0 Å². The molecule has 0 radical (unpaired) electrons. The molecule has 0 bridgehead atoms. The molecule has 34 heavy (non-hydrogen) atoms. The minimum Gasteiger partial charge on any atom is -0.494 e. The number of carbonyl (C=O) groups is 1. The van der Waals surface area contributed by atoms with E-state index in [0.717, 1.165) is 23.0 Å². The highest BCUT2D eigenvalue weighted by Gasteiger charge is 2.14. The minimum absolute atomic E-state index is 0.0779. The topological polar surface area (TPSA) is 91.2 Å². The molecule has 0 fully saturated rings. The Kier molecular flexibility index (Phi) is 6.27. The van der Waals surface area contributed by atoms with E-state index in [9.17, 15) is 9.18 Å². The predicted octanol–water partition coefficient (Wildman–Crippen LogP) is 5.09. The van der Waals surface area contributed by atoms with Crippen LogP contribution in [0.3, 0.4) is 0 Å². The monoisotopic (exact) mass is 461 g/mol. The largest absolute Gasteiger partial charge is 0.494 e. The second-order valence-corrected chi connectivity index (χ2v) is 7.75. The molecule has 0 aliphatic heterocycles. The van der Waals surface area contributed by atoms with Gasteiger partial charge in [-0.15, -0.1) is 0 Å². The molecule has 2 aromatic carbocycles. The molecule has 0 unspecified atom stereocenters. The zero-order chi connectivity index (χ0) is 24.4. The van der Waals surface area contributed by atoms with Gasteiger partial charge in [0.1, 0.15) is 11.6 Å². The Balaban J connectivity index is 1.48. The number of nitrogens with one attached hydrogen (secondary N) is 1. The summed E-state index contributed by atoms with van der Waals surface area (Å²) in [5.41, 5.74) is 3.76. The maximum absolute atomic E-state index is 13.9. The lowest BCUT2D eigenvalue weighted by Crippen LogP contribution is -2.12. The molecule has 9 heteroatoms. The number of aromatic nitrogens is 4. The van der Waals surface area contributed by atoms with Crippen LogP contribution < -0.4 is 14.8 Å². The summed E-state index contributed by atoms with van der Waals surface area (Å²) < 4.78 is 26.4. The minimum atomic E-state index is -0.603. The molecule has 0 saturated carbocycles. The van der Waals surface area contributed by atoms with Gasteiger partial charge in [-0.1, -0.05) is 0 Å². The van der Waals surface area contributed by atoms with Crippen LogP contribution in [-0.2, 0) is 0 Å². The van der Waals surface area contributed by atoms with Gasteiger partial charge >= 0.3 is 0 Å². The lowest BCUT2D eigenvalue weighted by molar-refractivity contribution is 0.102. The number of hydrogen-bond donors (Lipinski definition) is 1. The maximum Gasteiger partial charge on any atom is 0.255 e. The number of hydrogen-bond acceptors (Lipinski definition) is 6. The molecular weight excluding hydrogens is 437 g/mol. The molecule has 0 aliphatic carbocycles. The third-order valence-electron chi connectivity index (χ3n) is 5.42. The Morgan fingerprint density at radius 3 is 2.35 bits per heavy atom. The summed E-state index contributed by atoms with van der Waals surface area (Å²) in [5, 5.41) is 7.28. The van der Waals surface area contributed by atoms with E-state index in [1.54, 1.807) is 41.9 Å². The summed E-state index contributed by atoms with van der Waals surface area (Å²) in [5.74, 6) is 1.11. The Labute approximate surface area is 196 Å². The third-order valence-corrected chi connectivity index (χ3v) is 5.42. The van der Waals surface area contributed by atoms with Crippen LogP contribution in [0, 0.1) is 33.5 Å². The lowest BCUT2D eigenvalue weighted by Gasteiger charge is -2.10. The Hall–Kier alpha value is -4.27. The molecule has 4 aromatic rings. The maximum atomic E-state index is 13.9. The first-order valence-electron chi connectivity index (χ1n) is 10.6. The predicted molar refractivity (Wildman–Crippen MR) is 126 cm³/mol. The Morgan fingerprint density at radius 2 is 1.74 bits per heavy atom. The molecular formula is C25H24FN5O3. The van der Waals surface area contributed by atoms with Gasteiger partial charge < -0.3 is 14.8 Å². The van der Waals surface area contributed by atoms with Crippen molar-refractivity contribution in [1.82, 2.24) is 19.7 Å². The molecule has 0 spiro atoms. The van der Waals surface area contributed by atoms with Gasteiger partial charge in [0.15, 0.2) is 17.4 Å². The van der Waals surface area contributed by atoms with E-state index in [1.165, 1.54) is 19.2 Å². The van der Waals surface area contributed by atoms with E-state index >= 15 is 0 Å². The second-order valence-electron chi connectivity index (χ2n) is 7.75. The highest BCUT2D eigenvalue weighted by Crippen LogP contribution is 2.25. The van der Waals surface area contributed by atoms with Crippen LogP contribution in [0.15, 0.2) is 48.5 Å². The molecule has 4 rings (SSSR count). The lowest BCUT2D eigenvalue weighted by atomic mass is 10.2. The smallest absolute Gasteiger partial charge is 0.255 e. The van der Waals surface area contributed by atoms with E-state index in [2.05, 4.69) is 20.4 Å². The molecule has 1 N–H and O–H groups in total. The highest BCUT2D eigenvalue weighted by atomic mass is 19.1. The number of aryl methyl sites for hydroxylation is 2. The van der Waals surface area contributed by atoms with Crippen molar-refractivity contribution in [2.75, 3.05) is 12.4 Å². The van der Waals surface area contributed by atoms with Crippen LogP contribution in [-0.4, -0.2) is 32.8 Å². The summed E-state index contributed by atoms with van der Waals surface area (Å²) in [7, 11) is 1.37. The second kappa shape index (κ2) is 9.30. The van der Waals surface area contributed by atoms with E-state index in [1.807, 2.05) is 20.8 Å². The summed E-state index contributed by atoms with van der Waals surface area (Å²) in [6.07, 6.45) is 0. The van der Waals surface area contributed by atoms with Crippen LogP contribution in [0.4, 0.5) is 10.1 Å². The van der Waals surface area contributed by atoms with Gasteiger partial charge in [0, 0.05) is 23.0 Å². The van der Waals surface area contributed by atoms with Gasteiger partial charge in [0.05, 0.1) is 12.8 Å². The van der Waals surface area contributed by atoms with Crippen LogP contribution >= 0.6 is 0 Å². The molecule has 0 saturated heterocycles. The van der Waals surface area contributed by atoms with Crippen LogP contribution in [0.1, 0.15) is 33.1 Å². The van der Waals surface area contributed by atoms with Gasteiger partial charge in [0.25, 0.3) is 5.91 Å². The van der Waals surface area contributed by atoms with E-state index in [0.29, 0.717) is 29.0 Å². The number of carbonyl (C=O) groups excluding carboxylic acids is 1. The fourth-order valence-corrected chi connectivity index (χ4v) is 3.37. The Morgan fingerprint density at radius 1 is 1.00 bits per heavy atom. The zero-order valence-corrected chi connectivity index (χ0v) is 19.5. The van der Waals surface area contributed by atoms with Crippen LogP contribution in [0.25, 0.3) is 5.82 Å². The van der Waals surface area contributed by atoms with Crippen LogP contribution in [0.2, 0.25) is 0 Å². The standard InChI is InChI=1S/C25H24FN5O3/c1-14-15(2)30-31(16(14)3)23-13-24(28-17(4)27-23)34-20-9-7-19(8-10-20)29-25(32)18-6-11-22(33-5)21(26)12-18/h6-13H,1-5H3,(H,29,32). The molecule has 1 amide bonds.